The van der Waals surface area contributed by atoms with Crippen LogP contribution in [0, 0.1) is 11.8 Å². The Labute approximate surface area is 130 Å². The Kier molecular flexibility index (Phi) is 6.69. The van der Waals surface area contributed by atoms with Crippen LogP contribution in [-0.4, -0.2) is 24.5 Å². The van der Waals surface area contributed by atoms with Crippen LogP contribution in [0.1, 0.15) is 19.4 Å². The Bertz CT molecular complexity index is 642. The molecule has 0 radical (unpaired) electrons. The van der Waals surface area contributed by atoms with Crippen LogP contribution in [0.15, 0.2) is 48.2 Å². The summed E-state index contributed by atoms with van der Waals surface area (Å²) in [4.78, 5) is 24.2. The molecule has 1 amide bonds. The first kappa shape index (κ1) is 17.3. The van der Waals surface area contributed by atoms with E-state index in [4.69, 9.17) is 4.74 Å². The minimum atomic E-state index is -1.34. The minimum absolute atomic E-state index is 0.248. The maximum Gasteiger partial charge on any atom is 0.336 e. The molecule has 0 aromatic heterocycles. The number of benzene rings is 1. The lowest BCUT2D eigenvalue weighted by Crippen LogP contribution is -2.55. The smallest absolute Gasteiger partial charge is 0.336 e. The van der Waals surface area contributed by atoms with Crippen molar-refractivity contribution in [3.63, 3.8) is 0 Å². The van der Waals surface area contributed by atoms with Crippen LogP contribution >= 0.6 is 0 Å². The Morgan fingerprint density at radius 1 is 1.32 bits per heavy atom. The molecule has 0 bridgehead atoms. The molecule has 1 aromatic rings. The monoisotopic (exact) mass is 297 g/mol. The molecule has 22 heavy (non-hydrogen) atoms. The minimum Gasteiger partial charge on any atom is -0.467 e. The van der Waals surface area contributed by atoms with Crippen LogP contribution in [0.3, 0.4) is 0 Å². The van der Waals surface area contributed by atoms with E-state index in [-0.39, 0.29) is 6.42 Å². The van der Waals surface area contributed by atoms with Gasteiger partial charge in [-0.3, -0.25) is 4.79 Å². The molecule has 0 heterocycles. The van der Waals surface area contributed by atoms with E-state index in [2.05, 4.69) is 22.9 Å². The number of amides is 1. The quantitative estimate of drug-likeness (QED) is 0.514. The molecule has 4 nitrogen and oxygen atoms in total. The first-order valence-corrected chi connectivity index (χ1v) is 6.83. The summed E-state index contributed by atoms with van der Waals surface area (Å²) >= 11 is 0. The second kappa shape index (κ2) is 8.51. The van der Waals surface area contributed by atoms with Crippen LogP contribution in [0.5, 0.6) is 0 Å². The molecule has 0 aliphatic heterocycles. The highest BCUT2D eigenvalue weighted by molar-refractivity contribution is 5.98. The summed E-state index contributed by atoms with van der Waals surface area (Å²) in [5, 5.41) is 2.64. The van der Waals surface area contributed by atoms with Crippen molar-refractivity contribution in [3.8, 4) is 11.8 Å². The van der Waals surface area contributed by atoms with Gasteiger partial charge < -0.3 is 10.1 Å². The summed E-state index contributed by atoms with van der Waals surface area (Å²) in [6, 6.07) is 9.36. The molecule has 0 spiro atoms. The summed E-state index contributed by atoms with van der Waals surface area (Å²) in [5.74, 6) is 3.77. The molecule has 0 saturated heterocycles. The molecule has 1 aromatic carbocycles. The lowest BCUT2D eigenvalue weighted by atomic mass is 9.90. The van der Waals surface area contributed by atoms with Crippen LogP contribution in [0.25, 0.3) is 0 Å². The second-order valence-electron chi connectivity index (χ2n) is 4.55. The van der Waals surface area contributed by atoms with E-state index >= 15 is 0 Å². The zero-order valence-electron chi connectivity index (χ0n) is 13.0. The van der Waals surface area contributed by atoms with E-state index in [9.17, 15) is 9.59 Å². The van der Waals surface area contributed by atoms with Gasteiger partial charge in [0.05, 0.1) is 7.11 Å². The van der Waals surface area contributed by atoms with Crippen molar-refractivity contribution in [3.05, 3.63) is 53.8 Å². The van der Waals surface area contributed by atoms with Crippen LogP contribution in [0.2, 0.25) is 0 Å². The Morgan fingerprint density at radius 3 is 2.55 bits per heavy atom. The fourth-order valence-corrected chi connectivity index (χ4v) is 1.99. The Hall–Kier alpha value is -2.76. The predicted molar refractivity (Wildman–Crippen MR) is 84.8 cm³/mol. The van der Waals surface area contributed by atoms with Crippen molar-refractivity contribution >= 4 is 11.9 Å². The molecule has 0 aliphatic rings. The standard InChI is InChI=1S/C18H19NO3/c1-4-6-13-18(17(21)22-3,19-16(20)10-5-2)14-15-11-8-7-9-12-15/h4,7-9,11-13H,14H2,1-3H3,(H,19,20). The maximum atomic E-state index is 12.3. The summed E-state index contributed by atoms with van der Waals surface area (Å²) in [7, 11) is 1.28. The zero-order valence-corrected chi connectivity index (χ0v) is 13.0. The molecule has 1 atom stereocenters. The SMILES string of the molecule is CC#CC(=O)NC(C=C=CC)(Cc1ccccc1)C(=O)OC. The zero-order chi connectivity index (χ0) is 16.4. The number of hydrogen-bond acceptors (Lipinski definition) is 3. The number of hydrogen-bond donors (Lipinski definition) is 1. The van der Waals surface area contributed by atoms with E-state index < -0.39 is 17.4 Å². The molecule has 1 unspecified atom stereocenters. The van der Waals surface area contributed by atoms with Crippen LogP contribution in [0.4, 0.5) is 0 Å². The fraction of sp³-hybridized carbons (Fsp3) is 0.278. The van der Waals surface area contributed by atoms with E-state index in [0.29, 0.717) is 0 Å². The number of esters is 1. The first-order chi connectivity index (χ1) is 10.6. The van der Waals surface area contributed by atoms with E-state index in [0.717, 1.165) is 5.56 Å². The summed E-state index contributed by atoms with van der Waals surface area (Å²) in [5.41, 5.74) is 2.40. The van der Waals surface area contributed by atoms with Gasteiger partial charge in [-0.05, 0) is 37.5 Å². The lowest BCUT2D eigenvalue weighted by molar-refractivity contribution is -0.148. The normalized spacial score (nSPS) is 11.8. The van der Waals surface area contributed by atoms with Crippen molar-refractivity contribution in [1.82, 2.24) is 5.32 Å². The van der Waals surface area contributed by atoms with Gasteiger partial charge in [-0.15, -0.1) is 5.73 Å². The number of carbonyl (C=O) groups excluding carboxylic acids is 2. The predicted octanol–water partition coefficient (Wildman–Crippen LogP) is 2.01. The van der Waals surface area contributed by atoms with E-state index in [1.54, 1.807) is 19.9 Å². The second-order valence-corrected chi connectivity index (χ2v) is 4.55. The number of rotatable bonds is 5. The number of nitrogens with one attached hydrogen (secondary N) is 1. The average Bonchev–Trinajstić information content (AvgIpc) is 2.53. The van der Waals surface area contributed by atoms with Crippen molar-refractivity contribution in [2.75, 3.05) is 7.11 Å². The summed E-state index contributed by atoms with van der Waals surface area (Å²) in [6.45, 7) is 3.33. The number of methoxy groups -OCH3 is 1. The van der Waals surface area contributed by atoms with Crippen molar-refractivity contribution in [2.45, 2.75) is 25.8 Å². The molecule has 0 aliphatic carbocycles. The molecule has 114 valence electrons. The lowest BCUT2D eigenvalue weighted by Gasteiger charge is -2.27. The third-order valence-electron chi connectivity index (χ3n) is 2.95. The van der Waals surface area contributed by atoms with Gasteiger partial charge in [-0.1, -0.05) is 36.3 Å². The number of carbonyl (C=O) groups is 2. The Morgan fingerprint density at radius 2 is 2.00 bits per heavy atom. The molecular weight excluding hydrogens is 278 g/mol. The topological polar surface area (TPSA) is 55.4 Å². The highest BCUT2D eigenvalue weighted by atomic mass is 16.5. The van der Waals surface area contributed by atoms with E-state index in [1.807, 2.05) is 30.3 Å². The van der Waals surface area contributed by atoms with Crippen molar-refractivity contribution in [1.29, 1.82) is 0 Å². The van der Waals surface area contributed by atoms with E-state index in [1.165, 1.54) is 13.2 Å². The third kappa shape index (κ3) is 4.66. The van der Waals surface area contributed by atoms with Gasteiger partial charge in [0, 0.05) is 6.42 Å². The van der Waals surface area contributed by atoms with Gasteiger partial charge in [-0.2, -0.15) is 0 Å². The van der Waals surface area contributed by atoms with Gasteiger partial charge in [-0.25, -0.2) is 4.79 Å². The number of ether oxygens (including phenoxy) is 1. The van der Waals surface area contributed by atoms with Crippen LogP contribution < -0.4 is 5.32 Å². The molecule has 0 fully saturated rings. The van der Waals surface area contributed by atoms with Gasteiger partial charge in [0.25, 0.3) is 5.91 Å². The largest absolute Gasteiger partial charge is 0.467 e. The highest BCUT2D eigenvalue weighted by Gasteiger charge is 2.39. The molecule has 1 rings (SSSR count). The molecular formula is C18H19NO3. The van der Waals surface area contributed by atoms with Gasteiger partial charge in [0.2, 0.25) is 0 Å². The molecule has 4 heteroatoms. The van der Waals surface area contributed by atoms with Crippen molar-refractivity contribution < 1.29 is 14.3 Å². The van der Waals surface area contributed by atoms with Gasteiger partial charge in [0.15, 0.2) is 5.54 Å². The third-order valence-corrected chi connectivity index (χ3v) is 2.95. The van der Waals surface area contributed by atoms with Gasteiger partial charge in [0.1, 0.15) is 0 Å². The summed E-state index contributed by atoms with van der Waals surface area (Å²) in [6.07, 6.45) is 3.40. The average molecular weight is 297 g/mol. The first-order valence-electron chi connectivity index (χ1n) is 6.83. The van der Waals surface area contributed by atoms with Crippen LogP contribution in [-0.2, 0) is 20.7 Å². The molecule has 1 N–H and O–H groups in total. The summed E-state index contributed by atoms with van der Waals surface area (Å²) < 4.78 is 4.88. The Balaban J connectivity index is 3.29. The highest BCUT2D eigenvalue weighted by Crippen LogP contribution is 2.17. The van der Waals surface area contributed by atoms with Gasteiger partial charge >= 0.3 is 5.97 Å². The van der Waals surface area contributed by atoms with Crippen molar-refractivity contribution in [2.24, 2.45) is 0 Å². The fourth-order valence-electron chi connectivity index (χ4n) is 1.99. The molecule has 0 saturated carbocycles. The maximum absolute atomic E-state index is 12.3.